The van der Waals surface area contributed by atoms with E-state index in [0.29, 0.717) is 23.9 Å². The zero-order chi connectivity index (χ0) is 23.4. The SMILES string of the molecule is CCOC(=O)c1cccc(C2=C(c3cc(Cl)ccc3OCc3ccc(C)cc3C)CCC2)n1. The molecule has 0 unspecified atom stereocenters. The first-order valence-electron chi connectivity index (χ1n) is 11.3. The van der Waals surface area contributed by atoms with Crippen molar-refractivity contribution in [2.45, 2.75) is 46.6 Å². The summed E-state index contributed by atoms with van der Waals surface area (Å²) in [5, 5.41) is 0.663. The van der Waals surface area contributed by atoms with Crippen LogP contribution in [0.4, 0.5) is 0 Å². The zero-order valence-corrected chi connectivity index (χ0v) is 20.0. The van der Waals surface area contributed by atoms with Gasteiger partial charge >= 0.3 is 5.97 Å². The van der Waals surface area contributed by atoms with Crippen molar-refractivity contribution in [1.82, 2.24) is 4.98 Å². The molecule has 0 saturated carbocycles. The lowest BCUT2D eigenvalue weighted by molar-refractivity contribution is 0.0519. The van der Waals surface area contributed by atoms with E-state index in [1.165, 1.54) is 16.7 Å². The number of rotatable bonds is 7. The molecule has 1 aliphatic rings. The second-order valence-corrected chi connectivity index (χ2v) is 8.73. The first kappa shape index (κ1) is 23.1. The first-order valence-corrected chi connectivity index (χ1v) is 11.7. The number of aryl methyl sites for hydroxylation is 2. The summed E-state index contributed by atoms with van der Waals surface area (Å²) in [4.78, 5) is 16.8. The minimum atomic E-state index is -0.403. The molecule has 1 heterocycles. The Labute approximate surface area is 200 Å². The van der Waals surface area contributed by atoms with E-state index in [1.807, 2.05) is 30.3 Å². The number of pyridine rings is 1. The van der Waals surface area contributed by atoms with E-state index in [4.69, 9.17) is 21.1 Å². The molecule has 0 N–H and O–H groups in total. The van der Waals surface area contributed by atoms with Crippen LogP contribution in [0, 0.1) is 13.8 Å². The number of halogens is 1. The lowest BCUT2D eigenvalue weighted by Gasteiger charge is -2.16. The highest BCUT2D eigenvalue weighted by Crippen LogP contribution is 2.43. The average molecular weight is 462 g/mol. The Morgan fingerprint density at radius 3 is 2.64 bits per heavy atom. The molecule has 0 atom stereocenters. The quantitative estimate of drug-likeness (QED) is 0.349. The molecule has 2 aromatic carbocycles. The van der Waals surface area contributed by atoms with E-state index in [2.05, 4.69) is 37.0 Å². The molecule has 3 aromatic rings. The number of nitrogens with zero attached hydrogens (tertiary/aromatic N) is 1. The van der Waals surface area contributed by atoms with Crippen LogP contribution < -0.4 is 4.74 Å². The Hall–Kier alpha value is -3.11. The van der Waals surface area contributed by atoms with Gasteiger partial charge in [0.2, 0.25) is 0 Å². The Bertz CT molecular complexity index is 1220. The normalized spacial score (nSPS) is 13.3. The van der Waals surface area contributed by atoms with Gasteiger partial charge in [-0.3, -0.25) is 0 Å². The number of allylic oxidation sites excluding steroid dienone is 2. The van der Waals surface area contributed by atoms with Crippen LogP contribution in [0.3, 0.4) is 0 Å². The molecule has 0 bridgehead atoms. The van der Waals surface area contributed by atoms with Crippen LogP contribution in [-0.4, -0.2) is 17.6 Å². The molecule has 0 amide bonds. The van der Waals surface area contributed by atoms with Crippen LogP contribution in [0.25, 0.3) is 11.1 Å². The van der Waals surface area contributed by atoms with Gasteiger partial charge in [0, 0.05) is 10.6 Å². The van der Waals surface area contributed by atoms with Crippen molar-refractivity contribution in [2.75, 3.05) is 6.61 Å². The summed E-state index contributed by atoms with van der Waals surface area (Å²) < 4.78 is 11.4. The number of ether oxygens (including phenoxy) is 2. The van der Waals surface area contributed by atoms with Crippen molar-refractivity contribution < 1.29 is 14.3 Å². The van der Waals surface area contributed by atoms with E-state index in [1.54, 1.807) is 13.0 Å². The van der Waals surface area contributed by atoms with Gasteiger partial charge in [-0.1, -0.05) is 41.4 Å². The lowest BCUT2D eigenvalue weighted by atomic mass is 9.98. The molecule has 1 aliphatic carbocycles. The Kier molecular flexibility index (Phi) is 7.14. The van der Waals surface area contributed by atoms with Crippen LogP contribution in [-0.2, 0) is 11.3 Å². The van der Waals surface area contributed by atoms with E-state index < -0.39 is 5.97 Å². The third-order valence-electron chi connectivity index (χ3n) is 5.91. The summed E-state index contributed by atoms with van der Waals surface area (Å²) >= 11 is 6.40. The standard InChI is InChI=1S/C28H28ClNO3/c1-4-32-28(31)26-10-6-9-25(30-26)23-8-5-7-22(23)24-16-21(29)13-14-27(24)33-17-20-12-11-18(2)15-19(20)3/h6,9-16H,4-5,7-8,17H2,1-3H3. The highest BCUT2D eigenvalue weighted by molar-refractivity contribution is 6.30. The topological polar surface area (TPSA) is 48.4 Å². The van der Waals surface area contributed by atoms with Crippen LogP contribution in [0.1, 0.15) is 64.6 Å². The summed E-state index contributed by atoms with van der Waals surface area (Å²) in [5.74, 6) is 0.398. The molecular formula is C28H28ClNO3. The number of hydrogen-bond donors (Lipinski definition) is 0. The minimum Gasteiger partial charge on any atom is -0.488 e. The fourth-order valence-corrected chi connectivity index (χ4v) is 4.44. The van der Waals surface area contributed by atoms with Gasteiger partial charge in [-0.05, 0) is 92.6 Å². The highest BCUT2D eigenvalue weighted by atomic mass is 35.5. The number of carbonyl (C=O) groups excluding carboxylic acids is 1. The molecular weight excluding hydrogens is 434 g/mol. The molecule has 4 rings (SSSR count). The average Bonchev–Trinajstić information content (AvgIpc) is 3.29. The maximum atomic E-state index is 12.2. The van der Waals surface area contributed by atoms with Crippen molar-refractivity contribution in [2.24, 2.45) is 0 Å². The minimum absolute atomic E-state index is 0.322. The maximum absolute atomic E-state index is 12.2. The summed E-state index contributed by atoms with van der Waals surface area (Å²) in [6, 6.07) is 17.6. The van der Waals surface area contributed by atoms with Gasteiger partial charge in [0.05, 0.1) is 12.3 Å². The maximum Gasteiger partial charge on any atom is 0.356 e. The summed E-state index contributed by atoms with van der Waals surface area (Å²) in [6.07, 6.45) is 2.80. The zero-order valence-electron chi connectivity index (χ0n) is 19.3. The van der Waals surface area contributed by atoms with E-state index in [-0.39, 0.29) is 0 Å². The lowest BCUT2D eigenvalue weighted by Crippen LogP contribution is -2.08. The van der Waals surface area contributed by atoms with Gasteiger partial charge in [0.25, 0.3) is 0 Å². The van der Waals surface area contributed by atoms with Gasteiger partial charge in [0.15, 0.2) is 0 Å². The fraction of sp³-hybridized carbons (Fsp3) is 0.286. The van der Waals surface area contributed by atoms with Gasteiger partial charge in [-0.15, -0.1) is 0 Å². The summed E-state index contributed by atoms with van der Waals surface area (Å²) in [5.41, 5.74) is 8.02. The number of aromatic nitrogens is 1. The number of esters is 1. The third kappa shape index (κ3) is 5.28. The van der Waals surface area contributed by atoms with Crippen molar-refractivity contribution in [1.29, 1.82) is 0 Å². The molecule has 5 heteroatoms. The molecule has 0 fully saturated rings. The largest absolute Gasteiger partial charge is 0.488 e. The van der Waals surface area contributed by atoms with E-state index in [0.717, 1.165) is 47.4 Å². The van der Waals surface area contributed by atoms with Crippen molar-refractivity contribution in [3.63, 3.8) is 0 Å². The molecule has 0 aliphatic heterocycles. The Morgan fingerprint density at radius 1 is 1.03 bits per heavy atom. The smallest absolute Gasteiger partial charge is 0.356 e. The van der Waals surface area contributed by atoms with Crippen LogP contribution in [0.15, 0.2) is 54.6 Å². The Balaban J connectivity index is 1.69. The fourth-order valence-electron chi connectivity index (χ4n) is 4.27. The third-order valence-corrected chi connectivity index (χ3v) is 6.14. The molecule has 1 aromatic heterocycles. The Morgan fingerprint density at radius 2 is 1.85 bits per heavy atom. The predicted octanol–water partition coefficient (Wildman–Crippen LogP) is 7.20. The molecule has 0 spiro atoms. The number of hydrogen-bond acceptors (Lipinski definition) is 4. The van der Waals surface area contributed by atoms with Crippen LogP contribution in [0.2, 0.25) is 5.02 Å². The molecule has 33 heavy (non-hydrogen) atoms. The molecule has 170 valence electrons. The molecule has 4 nitrogen and oxygen atoms in total. The van der Waals surface area contributed by atoms with Crippen molar-refractivity contribution >= 4 is 28.7 Å². The monoisotopic (exact) mass is 461 g/mol. The molecule has 0 saturated heterocycles. The summed E-state index contributed by atoms with van der Waals surface area (Å²) in [6.45, 7) is 6.79. The van der Waals surface area contributed by atoms with E-state index >= 15 is 0 Å². The van der Waals surface area contributed by atoms with Gasteiger partial charge < -0.3 is 9.47 Å². The highest BCUT2D eigenvalue weighted by Gasteiger charge is 2.23. The number of carbonyl (C=O) groups is 1. The van der Waals surface area contributed by atoms with Gasteiger partial charge in [-0.25, -0.2) is 9.78 Å². The predicted molar refractivity (Wildman–Crippen MR) is 133 cm³/mol. The van der Waals surface area contributed by atoms with Gasteiger partial charge in [-0.2, -0.15) is 0 Å². The summed E-state index contributed by atoms with van der Waals surface area (Å²) in [7, 11) is 0. The van der Waals surface area contributed by atoms with E-state index in [9.17, 15) is 4.79 Å². The number of benzene rings is 2. The van der Waals surface area contributed by atoms with Crippen molar-refractivity contribution in [3.05, 3.63) is 93.3 Å². The van der Waals surface area contributed by atoms with Crippen molar-refractivity contribution in [3.8, 4) is 5.75 Å². The second-order valence-electron chi connectivity index (χ2n) is 8.30. The molecule has 0 radical (unpaired) electrons. The van der Waals surface area contributed by atoms with Crippen LogP contribution in [0.5, 0.6) is 5.75 Å². The van der Waals surface area contributed by atoms with Gasteiger partial charge in [0.1, 0.15) is 18.1 Å². The second kappa shape index (κ2) is 10.2. The first-order chi connectivity index (χ1) is 16.0. The van der Waals surface area contributed by atoms with Crippen LogP contribution >= 0.6 is 11.6 Å².